The molecule has 1 N–H and O–H groups in total. The summed E-state index contributed by atoms with van der Waals surface area (Å²) in [7, 11) is 3.16. The molecule has 1 aromatic heterocycles. The van der Waals surface area contributed by atoms with Gasteiger partial charge in [0.05, 0.1) is 32.6 Å². The van der Waals surface area contributed by atoms with Crippen molar-refractivity contribution in [2.24, 2.45) is 5.92 Å². The average molecular weight is 342 g/mol. The van der Waals surface area contributed by atoms with Crippen LogP contribution in [-0.4, -0.2) is 38.3 Å². The first kappa shape index (κ1) is 17.1. The molecule has 0 saturated carbocycles. The number of para-hydroxylation sites is 1. The number of methoxy groups -OCH3 is 2. The van der Waals surface area contributed by atoms with Gasteiger partial charge in [0.2, 0.25) is 0 Å². The Hall–Kier alpha value is -2.76. The summed E-state index contributed by atoms with van der Waals surface area (Å²) in [6.45, 7) is 2.91. The lowest BCUT2D eigenvalue weighted by atomic mass is 9.96. The third-order valence-electron chi connectivity index (χ3n) is 4.27. The van der Waals surface area contributed by atoms with Crippen LogP contribution in [0.25, 0.3) is 0 Å². The second kappa shape index (κ2) is 7.42. The molecule has 2 heterocycles. The smallest absolute Gasteiger partial charge is 0.255 e. The van der Waals surface area contributed by atoms with E-state index in [1.165, 1.54) is 7.11 Å². The number of rotatable bonds is 5. The summed E-state index contributed by atoms with van der Waals surface area (Å²) < 4.78 is 16.4. The molecule has 0 radical (unpaired) electrons. The zero-order valence-electron chi connectivity index (χ0n) is 14.7. The van der Waals surface area contributed by atoms with Crippen LogP contribution in [0.15, 0.2) is 30.5 Å². The van der Waals surface area contributed by atoms with Crippen LogP contribution in [0, 0.1) is 12.8 Å². The summed E-state index contributed by atoms with van der Waals surface area (Å²) in [5.74, 6) is 2.06. The van der Waals surface area contributed by atoms with E-state index in [2.05, 4.69) is 10.3 Å². The predicted molar refractivity (Wildman–Crippen MR) is 93.5 cm³/mol. The van der Waals surface area contributed by atoms with Crippen molar-refractivity contribution in [3.8, 4) is 17.2 Å². The van der Waals surface area contributed by atoms with Crippen molar-refractivity contribution in [3.63, 3.8) is 0 Å². The van der Waals surface area contributed by atoms with Gasteiger partial charge < -0.3 is 19.5 Å². The van der Waals surface area contributed by atoms with Gasteiger partial charge in [-0.3, -0.25) is 9.78 Å². The lowest BCUT2D eigenvalue weighted by molar-refractivity contribution is 0.0935. The standard InChI is InChI=1S/C19H22N2O4/c1-12-7-15(17(24-3)10-20-12)19(22)21-9-13-8-14-5-4-6-16(23-2)18(14)25-11-13/h4-7,10,13H,8-9,11H2,1-3H3,(H,21,22). The molecule has 0 bridgehead atoms. The first-order chi connectivity index (χ1) is 12.1. The number of nitrogens with one attached hydrogen (secondary N) is 1. The number of fused-ring (bicyclic) bond motifs is 1. The molecule has 1 unspecified atom stereocenters. The van der Waals surface area contributed by atoms with Gasteiger partial charge in [0.15, 0.2) is 11.5 Å². The van der Waals surface area contributed by atoms with E-state index in [1.807, 2.05) is 25.1 Å². The van der Waals surface area contributed by atoms with E-state index in [0.29, 0.717) is 24.5 Å². The topological polar surface area (TPSA) is 69.7 Å². The molecule has 1 aliphatic rings. The Morgan fingerprint density at radius 2 is 2.12 bits per heavy atom. The Morgan fingerprint density at radius 3 is 2.88 bits per heavy atom. The highest BCUT2D eigenvalue weighted by Crippen LogP contribution is 2.35. The molecule has 1 aromatic carbocycles. The molecule has 6 nitrogen and oxygen atoms in total. The summed E-state index contributed by atoms with van der Waals surface area (Å²) in [6, 6.07) is 7.60. The number of hydrogen-bond acceptors (Lipinski definition) is 5. The molecule has 0 aliphatic carbocycles. The lowest BCUT2D eigenvalue weighted by Gasteiger charge is -2.26. The summed E-state index contributed by atoms with van der Waals surface area (Å²) in [4.78, 5) is 16.6. The lowest BCUT2D eigenvalue weighted by Crippen LogP contribution is -2.35. The molecule has 0 fully saturated rings. The first-order valence-electron chi connectivity index (χ1n) is 8.20. The van der Waals surface area contributed by atoms with Gasteiger partial charge in [0, 0.05) is 18.2 Å². The molecule has 2 aromatic rings. The Kier molecular flexibility index (Phi) is 5.07. The number of amides is 1. The molecular weight excluding hydrogens is 320 g/mol. The number of aryl methyl sites for hydroxylation is 1. The van der Waals surface area contributed by atoms with E-state index in [1.54, 1.807) is 19.4 Å². The highest BCUT2D eigenvalue weighted by molar-refractivity contribution is 5.96. The quantitative estimate of drug-likeness (QED) is 0.903. The van der Waals surface area contributed by atoms with Crippen LogP contribution in [0.2, 0.25) is 0 Å². The fourth-order valence-corrected chi connectivity index (χ4v) is 2.97. The molecule has 3 rings (SSSR count). The molecule has 0 saturated heterocycles. The molecule has 0 spiro atoms. The molecule has 1 atom stereocenters. The van der Waals surface area contributed by atoms with E-state index < -0.39 is 0 Å². The minimum atomic E-state index is -0.168. The minimum Gasteiger partial charge on any atom is -0.494 e. The van der Waals surface area contributed by atoms with E-state index >= 15 is 0 Å². The van der Waals surface area contributed by atoms with Gasteiger partial charge >= 0.3 is 0 Å². The maximum absolute atomic E-state index is 12.5. The Bertz CT molecular complexity index is 776. The molecule has 25 heavy (non-hydrogen) atoms. The van der Waals surface area contributed by atoms with E-state index in [9.17, 15) is 4.79 Å². The highest BCUT2D eigenvalue weighted by Gasteiger charge is 2.23. The van der Waals surface area contributed by atoms with Crippen molar-refractivity contribution < 1.29 is 19.0 Å². The highest BCUT2D eigenvalue weighted by atomic mass is 16.5. The summed E-state index contributed by atoms with van der Waals surface area (Å²) in [6.07, 6.45) is 2.40. The first-order valence-corrected chi connectivity index (χ1v) is 8.20. The molecule has 132 valence electrons. The van der Waals surface area contributed by atoms with E-state index in [-0.39, 0.29) is 11.8 Å². The van der Waals surface area contributed by atoms with Gasteiger partial charge in [0.1, 0.15) is 5.75 Å². The van der Waals surface area contributed by atoms with Gasteiger partial charge in [-0.15, -0.1) is 0 Å². The van der Waals surface area contributed by atoms with Crippen LogP contribution in [0.4, 0.5) is 0 Å². The monoisotopic (exact) mass is 342 g/mol. The second-order valence-corrected chi connectivity index (χ2v) is 6.07. The van der Waals surface area contributed by atoms with Gasteiger partial charge in [-0.25, -0.2) is 0 Å². The van der Waals surface area contributed by atoms with Gasteiger partial charge in [0.25, 0.3) is 5.91 Å². The van der Waals surface area contributed by atoms with Crippen molar-refractivity contribution in [1.29, 1.82) is 0 Å². The number of carbonyl (C=O) groups is 1. The molecular formula is C19H22N2O4. The maximum atomic E-state index is 12.5. The van der Waals surface area contributed by atoms with Crippen molar-refractivity contribution in [2.45, 2.75) is 13.3 Å². The number of aromatic nitrogens is 1. The van der Waals surface area contributed by atoms with Crippen LogP contribution >= 0.6 is 0 Å². The number of carbonyl (C=O) groups excluding carboxylic acids is 1. The van der Waals surface area contributed by atoms with Crippen LogP contribution < -0.4 is 19.5 Å². The van der Waals surface area contributed by atoms with Crippen molar-refractivity contribution >= 4 is 5.91 Å². The van der Waals surface area contributed by atoms with Crippen LogP contribution in [-0.2, 0) is 6.42 Å². The summed E-state index contributed by atoms with van der Waals surface area (Å²) in [5, 5.41) is 2.97. The number of benzene rings is 1. The van der Waals surface area contributed by atoms with Crippen LogP contribution in [0.1, 0.15) is 21.6 Å². The fourth-order valence-electron chi connectivity index (χ4n) is 2.97. The average Bonchev–Trinajstić information content (AvgIpc) is 2.65. The Labute approximate surface area is 147 Å². The third-order valence-corrected chi connectivity index (χ3v) is 4.27. The minimum absolute atomic E-state index is 0.168. The van der Waals surface area contributed by atoms with Crippen LogP contribution in [0.5, 0.6) is 17.2 Å². The maximum Gasteiger partial charge on any atom is 0.255 e. The van der Waals surface area contributed by atoms with Crippen molar-refractivity contribution in [2.75, 3.05) is 27.4 Å². The van der Waals surface area contributed by atoms with Gasteiger partial charge in [-0.1, -0.05) is 12.1 Å². The van der Waals surface area contributed by atoms with E-state index in [0.717, 1.165) is 29.2 Å². The Balaban J connectivity index is 1.65. The number of hydrogen-bond donors (Lipinski definition) is 1. The summed E-state index contributed by atoms with van der Waals surface area (Å²) in [5.41, 5.74) is 2.36. The predicted octanol–water partition coefficient (Wildman–Crippen LogP) is 2.39. The van der Waals surface area contributed by atoms with E-state index in [4.69, 9.17) is 14.2 Å². The third kappa shape index (κ3) is 3.68. The zero-order valence-corrected chi connectivity index (χ0v) is 14.7. The van der Waals surface area contributed by atoms with Crippen molar-refractivity contribution in [3.05, 3.63) is 47.3 Å². The summed E-state index contributed by atoms with van der Waals surface area (Å²) >= 11 is 0. The molecule has 1 amide bonds. The second-order valence-electron chi connectivity index (χ2n) is 6.07. The normalized spacial score (nSPS) is 15.7. The Morgan fingerprint density at radius 1 is 1.32 bits per heavy atom. The van der Waals surface area contributed by atoms with Crippen molar-refractivity contribution in [1.82, 2.24) is 10.3 Å². The fraction of sp³-hybridized carbons (Fsp3) is 0.368. The molecule has 6 heteroatoms. The number of nitrogens with zero attached hydrogens (tertiary/aromatic N) is 1. The van der Waals surface area contributed by atoms with Gasteiger partial charge in [-0.2, -0.15) is 0 Å². The zero-order chi connectivity index (χ0) is 17.8. The number of pyridine rings is 1. The SMILES string of the molecule is COc1cnc(C)cc1C(=O)NCC1COc2c(cccc2OC)C1. The largest absolute Gasteiger partial charge is 0.494 e. The van der Waals surface area contributed by atoms with Crippen LogP contribution in [0.3, 0.4) is 0 Å². The number of ether oxygens (including phenoxy) is 3. The van der Waals surface area contributed by atoms with Gasteiger partial charge in [-0.05, 0) is 31.0 Å². The molecule has 1 aliphatic heterocycles.